The Bertz CT molecular complexity index is 740. The first-order chi connectivity index (χ1) is 11.0. The molecule has 7 nitrogen and oxygen atoms in total. The molecule has 120 valence electrons. The minimum atomic E-state index is -0.564. The molecule has 1 aromatic heterocycles. The second kappa shape index (κ2) is 6.12. The lowest BCUT2D eigenvalue weighted by atomic mass is 10.1. The lowest BCUT2D eigenvalue weighted by Gasteiger charge is -2.32. The van der Waals surface area contributed by atoms with E-state index in [-0.39, 0.29) is 24.8 Å². The Kier molecular flexibility index (Phi) is 4.01. The summed E-state index contributed by atoms with van der Waals surface area (Å²) in [4.78, 5) is 25.9. The van der Waals surface area contributed by atoms with Crippen LogP contribution in [0, 0.1) is 6.92 Å². The minimum absolute atomic E-state index is 0.151. The number of nitrogens with one attached hydrogen (secondary N) is 1. The van der Waals surface area contributed by atoms with Crippen molar-refractivity contribution in [2.45, 2.75) is 26.4 Å². The number of carbonyl (C=O) groups is 2. The molecule has 2 amide bonds. The summed E-state index contributed by atoms with van der Waals surface area (Å²) in [7, 11) is 0. The molecule has 0 aliphatic carbocycles. The van der Waals surface area contributed by atoms with Crippen LogP contribution in [0.1, 0.15) is 19.1 Å². The number of amides is 2. The number of para-hydroxylation sites is 2. The van der Waals surface area contributed by atoms with Crippen LogP contribution in [0.15, 0.2) is 34.9 Å². The van der Waals surface area contributed by atoms with Gasteiger partial charge in [0.2, 0.25) is 5.91 Å². The van der Waals surface area contributed by atoms with Gasteiger partial charge in [-0.2, -0.15) is 0 Å². The molecule has 1 aliphatic heterocycles. The van der Waals surface area contributed by atoms with Gasteiger partial charge in [-0.1, -0.05) is 17.3 Å². The quantitative estimate of drug-likeness (QED) is 0.934. The molecule has 1 N–H and O–H groups in total. The number of aromatic nitrogens is 1. The summed E-state index contributed by atoms with van der Waals surface area (Å²) in [5, 5.41) is 6.35. The van der Waals surface area contributed by atoms with E-state index in [0.29, 0.717) is 23.0 Å². The minimum Gasteiger partial charge on any atom is -0.479 e. The molecule has 3 rings (SSSR count). The summed E-state index contributed by atoms with van der Waals surface area (Å²) >= 11 is 0. The number of fused-ring (bicyclic) bond motifs is 1. The zero-order valence-corrected chi connectivity index (χ0v) is 12.9. The average molecular weight is 315 g/mol. The highest BCUT2D eigenvalue weighted by molar-refractivity contribution is 6.00. The van der Waals surface area contributed by atoms with Crippen molar-refractivity contribution in [3.8, 4) is 5.75 Å². The molecule has 2 heterocycles. The third kappa shape index (κ3) is 3.18. The van der Waals surface area contributed by atoms with Crippen LogP contribution in [0.4, 0.5) is 11.5 Å². The number of nitrogens with zero attached hydrogens (tertiary/aromatic N) is 2. The summed E-state index contributed by atoms with van der Waals surface area (Å²) in [6, 6.07) is 8.92. The average Bonchev–Trinajstić information content (AvgIpc) is 2.93. The van der Waals surface area contributed by atoms with E-state index >= 15 is 0 Å². The van der Waals surface area contributed by atoms with Crippen LogP contribution in [-0.2, 0) is 9.59 Å². The first kappa shape index (κ1) is 15.1. The van der Waals surface area contributed by atoms with Crippen LogP contribution in [0.25, 0.3) is 0 Å². The second-order valence-corrected chi connectivity index (χ2v) is 5.34. The topological polar surface area (TPSA) is 84.7 Å². The Morgan fingerprint density at radius 3 is 2.91 bits per heavy atom. The molecule has 1 atom stereocenters. The molecule has 0 radical (unpaired) electrons. The fourth-order valence-electron chi connectivity index (χ4n) is 2.43. The number of ether oxygens (including phenoxy) is 1. The lowest BCUT2D eigenvalue weighted by molar-refractivity contribution is -0.125. The molecule has 0 bridgehead atoms. The van der Waals surface area contributed by atoms with E-state index in [9.17, 15) is 9.59 Å². The van der Waals surface area contributed by atoms with Crippen LogP contribution in [-0.4, -0.2) is 29.6 Å². The Morgan fingerprint density at radius 2 is 2.17 bits per heavy atom. The molecule has 1 aliphatic rings. The highest BCUT2D eigenvalue weighted by Crippen LogP contribution is 2.33. The highest BCUT2D eigenvalue weighted by Gasteiger charge is 2.31. The van der Waals surface area contributed by atoms with Crippen molar-refractivity contribution in [2.24, 2.45) is 0 Å². The molecule has 0 unspecified atom stereocenters. The monoisotopic (exact) mass is 315 g/mol. The van der Waals surface area contributed by atoms with Gasteiger partial charge < -0.3 is 19.5 Å². The Balaban J connectivity index is 1.67. The maximum Gasteiger partial charge on any atom is 0.267 e. The number of hydrogen-bond acceptors (Lipinski definition) is 5. The third-order valence-electron chi connectivity index (χ3n) is 3.53. The molecule has 0 spiro atoms. The number of anilines is 2. The van der Waals surface area contributed by atoms with E-state index in [1.807, 2.05) is 18.2 Å². The molecule has 23 heavy (non-hydrogen) atoms. The van der Waals surface area contributed by atoms with Gasteiger partial charge in [-0.15, -0.1) is 0 Å². The van der Waals surface area contributed by atoms with Crippen LogP contribution >= 0.6 is 0 Å². The highest BCUT2D eigenvalue weighted by atomic mass is 16.5. The SMILES string of the molecule is Cc1cc(NC(=O)CCN2C(=O)[C@H](C)Oc3ccccc32)no1. The van der Waals surface area contributed by atoms with Crippen molar-refractivity contribution in [3.63, 3.8) is 0 Å². The van der Waals surface area contributed by atoms with E-state index in [2.05, 4.69) is 10.5 Å². The van der Waals surface area contributed by atoms with Gasteiger partial charge in [-0.25, -0.2) is 0 Å². The van der Waals surface area contributed by atoms with Crippen LogP contribution < -0.4 is 15.0 Å². The number of carbonyl (C=O) groups excluding carboxylic acids is 2. The number of benzene rings is 1. The predicted octanol–water partition coefficient (Wildman–Crippen LogP) is 2.13. The normalized spacial score (nSPS) is 16.7. The van der Waals surface area contributed by atoms with Gasteiger partial charge in [-0.3, -0.25) is 9.59 Å². The Hall–Kier alpha value is -2.83. The molecule has 0 saturated carbocycles. The van der Waals surface area contributed by atoms with Gasteiger partial charge in [-0.05, 0) is 26.0 Å². The largest absolute Gasteiger partial charge is 0.479 e. The van der Waals surface area contributed by atoms with E-state index in [1.54, 1.807) is 30.9 Å². The third-order valence-corrected chi connectivity index (χ3v) is 3.53. The smallest absolute Gasteiger partial charge is 0.267 e. The van der Waals surface area contributed by atoms with Crippen molar-refractivity contribution in [1.82, 2.24) is 5.16 Å². The molecule has 1 aromatic carbocycles. The fourth-order valence-corrected chi connectivity index (χ4v) is 2.43. The van der Waals surface area contributed by atoms with Crippen molar-refractivity contribution < 1.29 is 18.8 Å². The summed E-state index contributed by atoms with van der Waals surface area (Å²) in [5.74, 6) is 1.24. The van der Waals surface area contributed by atoms with Crippen molar-refractivity contribution >= 4 is 23.3 Å². The standard InChI is InChI=1S/C16H17N3O4/c1-10-9-14(18-23-10)17-15(20)7-8-19-12-5-3-4-6-13(12)22-11(2)16(19)21/h3-6,9,11H,7-8H2,1-2H3,(H,17,18,20)/t11-/m0/s1. The zero-order valence-electron chi connectivity index (χ0n) is 12.9. The molecule has 0 saturated heterocycles. The van der Waals surface area contributed by atoms with Gasteiger partial charge >= 0.3 is 0 Å². The summed E-state index contributed by atoms with van der Waals surface area (Å²) in [5.41, 5.74) is 0.681. The first-order valence-corrected chi connectivity index (χ1v) is 7.35. The molecule has 7 heteroatoms. The van der Waals surface area contributed by atoms with Gasteiger partial charge in [0.15, 0.2) is 11.9 Å². The van der Waals surface area contributed by atoms with E-state index in [4.69, 9.17) is 9.26 Å². The predicted molar refractivity (Wildman–Crippen MR) is 83.4 cm³/mol. The Morgan fingerprint density at radius 1 is 1.39 bits per heavy atom. The number of aryl methyl sites for hydroxylation is 1. The van der Waals surface area contributed by atoms with E-state index in [1.165, 1.54) is 0 Å². The molecule has 2 aromatic rings. The maximum absolute atomic E-state index is 12.3. The molecule has 0 fully saturated rings. The summed E-state index contributed by atoms with van der Waals surface area (Å²) < 4.78 is 10.5. The Labute approximate surface area is 133 Å². The van der Waals surface area contributed by atoms with Gasteiger partial charge in [0, 0.05) is 19.0 Å². The van der Waals surface area contributed by atoms with E-state index in [0.717, 1.165) is 0 Å². The summed E-state index contributed by atoms with van der Waals surface area (Å²) in [6.07, 6.45) is -0.412. The van der Waals surface area contributed by atoms with Gasteiger partial charge in [0.1, 0.15) is 11.5 Å². The van der Waals surface area contributed by atoms with Crippen molar-refractivity contribution in [2.75, 3.05) is 16.8 Å². The first-order valence-electron chi connectivity index (χ1n) is 7.35. The maximum atomic E-state index is 12.3. The van der Waals surface area contributed by atoms with Crippen LogP contribution in [0.5, 0.6) is 5.75 Å². The van der Waals surface area contributed by atoms with Gasteiger partial charge in [0.05, 0.1) is 5.69 Å². The number of hydrogen-bond donors (Lipinski definition) is 1. The van der Waals surface area contributed by atoms with Crippen LogP contribution in [0.3, 0.4) is 0 Å². The van der Waals surface area contributed by atoms with Crippen molar-refractivity contribution in [1.29, 1.82) is 0 Å². The fraction of sp³-hybridized carbons (Fsp3) is 0.312. The summed E-state index contributed by atoms with van der Waals surface area (Å²) in [6.45, 7) is 3.71. The second-order valence-electron chi connectivity index (χ2n) is 5.34. The van der Waals surface area contributed by atoms with E-state index < -0.39 is 6.10 Å². The molecular formula is C16H17N3O4. The molecular weight excluding hydrogens is 298 g/mol. The van der Waals surface area contributed by atoms with Crippen LogP contribution in [0.2, 0.25) is 0 Å². The number of rotatable bonds is 4. The lowest BCUT2D eigenvalue weighted by Crippen LogP contribution is -2.45. The van der Waals surface area contributed by atoms with Gasteiger partial charge in [0.25, 0.3) is 5.91 Å². The van der Waals surface area contributed by atoms with Crippen molar-refractivity contribution in [3.05, 3.63) is 36.1 Å². The zero-order chi connectivity index (χ0) is 16.4.